The lowest BCUT2D eigenvalue weighted by molar-refractivity contribution is -0.385. The molecule has 0 saturated heterocycles. The second kappa shape index (κ2) is 6.33. The molecule has 0 N–H and O–H groups in total. The van der Waals surface area contributed by atoms with Gasteiger partial charge in [-0.1, -0.05) is 30.3 Å². The number of benzene rings is 2. The van der Waals surface area contributed by atoms with E-state index in [0.717, 1.165) is 11.3 Å². The van der Waals surface area contributed by atoms with Gasteiger partial charge in [-0.25, -0.2) is 9.98 Å². The van der Waals surface area contributed by atoms with Crippen LogP contribution in [0, 0.1) is 10.1 Å². The molecule has 1 aromatic heterocycles. The zero-order chi connectivity index (χ0) is 17.2. The molecule has 0 spiro atoms. The first-order valence-electron chi connectivity index (χ1n) is 7.34. The van der Waals surface area contributed by atoms with E-state index >= 15 is 0 Å². The number of nitro benzene ring substituents is 1. The van der Waals surface area contributed by atoms with Crippen LogP contribution in [0.4, 0.5) is 10.8 Å². The average molecular weight is 353 g/mol. The Morgan fingerprint density at radius 3 is 2.72 bits per heavy atom. The second-order valence-corrected chi connectivity index (χ2v) is 6.00. The fourth-order valence-corrected chi connectivity index (χ4v) is 3.07. The Kier molecular flexibility index (Phi) is 3.87. The predicted octanol–water partition coefficient (Wildman–Crippen LogP) is 4.20. The quantitative estimate of drug-likeness (QED) is 0.398. The number of aliphatic imine (C=N–C) groups is 1. The number of nitrogens with zero attached hydrogens (tertiary/aromatic N) is 3. The van der Waals surface area contributed by atoms with Gasteiger partial charge < -0.3 is 9.47 Å². The number of ether oxygens (including phenoxy) is 2. The van der Waals surface area contributed by atoms with Crippen molar-refractivity contribution in [2.75, 3.05) is 6.79 Å². The van der Waals surface area contributed by atoms with Crippen molar-refractivity contribution in [3.63, 3.8) is 0 Å². The molecule has 1 aliphatic heterocycles. The average Bonchev–Trinajstić information content (AvgIpc) is 3.28. The van der Waals surface area contributed by atoms with Crippen LogP contribution >= 0.6 is 11.3 Å². The topological polar surface area (TPSA) is 86.9 Å². The molecular formula is C17H11N3O4S. The van der Waals surface area contributed by atoms with Crippen molar-refractivity contribution in [3.05, 3.63) is 63.5 Å². The molecule has 4 rings (SSSR count). The van der Waals surface area contributed by atoms with Gasteiger partial charge in [0.2, 0.25) is 11.9 Å². The molecule has 0 unspecified atom stereocenters. The maximum absolute atomic E-state index is 11.3. The number of nitro groups is 1. The molecule has 0 fully saturated rings. The largest absolute Gasteiger partial charge is 0.454 e. The van der Waals surface area contributed by atoms with Gasteiger partial charge in [0, 0.05) is 17.2 Å². The Labute approximate surface area is 146 Å². The van der Waals surface area contributed by atoms with Gasteiger partial charge >= 0.3 is 0 Å². The third-order valence-electron chi connectivity index (χ3n) is 3.59. The van der Waals surface area contributed by atoms with E-state index in [4.69, 9.17) is 9.47 Å². The van der Waals surface area contributed by atoms with Crippen molar-refractivity contribution in [1.29, 1.82) is 0 Å². The number of thiazole rings is 1. The van der Waals surface area contributed by atoms with E-state index < -0.39 is 4.92 Å². The van der Waals surface area contributed by atoms with Crippen LogP contribution in [-0.2, 0) is 0 Å². The number of aromatic nitrogens is 1. The van der Waals surface area contributed by atoms with E-state index in [1.54, 1.807) is 6.07 Å². The Morgan fingerprint density at radius 2 is 1.96 bits per heavy atom. The molecule has 124 valence electrons. The molecular weight excluding hydrogens is 342 g/mol. The first kappa shape index (κ1) is 15.3. The Balaban J connectivity index is 1.64. The smallest absolute Gasteiger partial charge is 0.282 e. The second-order valence-electron chi connectivity index (χ2n) is 5.16. The van der Waals surface area contributed by atoms with E-state index in [-0.39, 0.29) is 12.5 Å². The van der Waals surface area contributed by atoms with Crippen LogP contribution < -0.4 is 9.47 Å². The molecule has 8 heteroatoms. The van der Waals surface area contributed by atoms with Crippen LogP contribution in [0.2, 0.25) is 0 Å². The highest BCUT2D eigenvalue weighted by Gasteiger charge is 2.22. The molecule has 2 heterocycles. The molecule has 0 bridgehead atoms. The van der Waals surface area contributed by atoms with E-state index in [9.17, 15) is 10.1 Å². The molecule has 0 radical (unpaired) electrons. The van der Waals surface area contributed by atoms with Crippen LogP contribution in [0.1, 0.15) is 5.56 Å². The van der Waals surface area contributed by atoms with Gasteiger partial charge in [-0.05, 0) is 6.07 Å². The van der Waals surface area contributed by atoms with E-state index in [2.05, 4.69) is 9.98 Å². The third-order valence-corrected chi connectivity index (χ3v) is 4.34. The molecule has 0 amide bonds. The zero-order valence-corrected chi connectivity index (χ0v) is 13.6. The summed E-state index contributed by atoms with van der Waals surface area (Å²) in [6, 6.07) is 12.6. The van der Waals surface area contributed by atoms with Crippen molar-refractivity contribution in [3.8, 4) is 22.8 Å². The highest BCUT2D eigenvalue weighted by Crippen LogP contribution is 2.37. The van der Waals surface area contributed by atoms with Crippen LogP contribution in [0.25, 0.3) is 11.3 Å². The summed E-state index contributed by atoms with van der Waals surface area (Å²) in [6.07, 6.45) is 1.42. The maximum Gasteiger partial charge on any atom is 0.282 e. The number of rotatable bonds is 4. The van der Waals surface area contributed by atoms with Crippen molar-refractivity contribution >= 4 is 28.4 Å². The number of hydrogen-bond donors (Lipinski definition) is 0. The summed E-state index contributed by atoms with van der Waals surface area (Å²) in [5.41, 5.74) is 2.06. The van der Waals surface area contributed by atoms with Crippen molar-refractivity contribution in [2.45, 2.75) is 0 Å². The lowest BCUT2D eigenvalue weighted by Gasteiger charge is -2.00. The summed E-state index contributed by atoms with van der Waals surface area (Å²) in [6.45, 7) is 0.0556. The molecule has 3 aromatic rings. The normalized spacial score (nSPS) is 12.6. The summed E-state index contributed by atoms with van der Waals surface area (Å²) >= 11 is 1.37. The zero-order valence-electron chi connectivity index (χ0n) is 12.8. The summed E-state index contributed by atoms with van der Waals surface area (Å²) in [5, 5.41) is 13.7. The van der Waals surface area contributed by atoms with E-state index in [1.807, 2.05) is 35.7 Å². The Morgan fingerprint density at radius 1 is 1.20 bits per heavy atom. The molecule has 0 atom stereocenters. The first-order valence-corrected chi connectivity index (χ1v) is 8.22. The van der Waals surface area contributed by atoms with Gasteiger partial charge in [-0.2, -0.15) is 0 Å². The van der Waals surface area contributed by atoms with E-state index in [1.165, 1.54) is 23.6 Å². The van der Waals surface area contributed by atoms with Gasteiger partial charge in [-0.3, -0.25) is 10.1 Å². The number of hydrogen-bond acceptors (Lipinski definition) is 7. The summed E-state index contributed by atoms with van der Waals surface area (Å²) in [7, 11) is 0. The molecule has 0 saturated carbocycles. The monoisotopic (exact) mass is 353 g/mol. The first-order chi connectivity index (χ1) is 12.2. The van der Waals surface area contributed by atoms with Gasteiger partial charge in [0.25, 0.3) is 5.69 Å². The molecule has 0 aliphatic carbocycles. The predicted molar refractivity (Wildman–Crippen MR) is 94.0 cm³/mol. The highest BCUT2D eigenvalue weighted by molar-refractivity contribution is 7.13. The van der Waals surface area contributed by atoms with Crippen LogP contribution in [0.3, 0.4) is 0 Å². The van der Waals surface area contributed by atoms with Gasteiger partial charge in [0.05, 0.1) is 22.2 Å². The lowest BCUT2D eigenvalue weighted by Crippen LogP contribution is -1.94. The Bertz CT molecular complexity index is 969. The summed E-state index contributed by atoms with van der Waals surface area (Å²) in [5.74, 6) is 0.834. The minimum Gasteiger partial charge on any atom is -0.454 e. The molecule has 7 nitrogen and oxygen atoms in total. The van der Waals surface area contributed by atoms with Crippen LogP contribution in [-0.4, -0.2) is 22.9 Å². The maximum atomic E-state index is 11.3. The fourth-order valence-electron chi connectivity index (χ4n) is 2.40. The van der Waals surface area contributed by atoms with Gasteiger partial charge in [0.1, 0.15) is 0 Å². The van der Waals surface area contributed by atoms with Crippen LogP contribution in [0.15, 0.2) is 52.8 Å². The van der Waals surface area contributed by atoms with E-state index in [0.29, 0.717) is 22.2 Å². The van der Waals surface area contributed by atoms with Crippen molar-refractivity contribution in [1.82, 2.24) is 4.98 Å². The van der Waals surface area contributed by atoms with Crippen molar-refractivity contribution in [2.24, 2.45) is 4.99 Å². The SMILES string of the molecule is O=[N+]([O-])c1cc2c(cc1/C=N/c1nc(-c3ccccc3)cs1)OCO2. The lowest BCUT2D eigenvalue weighted by atomic mass is 10.1. The minimum atomic E-state index is -0.472. The van der Waals surface area contributed by atoms with Crippen LogP contribution in [0.5, 0.6) is 11.5 Å². The molecule has 25 heavy (non-hydrogen) atoms. The van der Waals surface area contributed by atoms with Crippen molar-refractivity contribution < 1.29 is 14.4 Å². The highest BCUT2D eigenvalue weighted by atomic mass is 32.1. The number of fused-ring (bicyclic) bond motifs is 1. The Hall–Kier alpha value is -3.26. The molecule has 2 aromatic carbocycles. The van der Waals surface area contributed by atoms with Gasteiger partial charge in [-0.15, -0.1) is 11.3 Å². The fraction of sp³-hybridized carbons (Fsp3) is 0.0588. The summed E-state index contributed by atoms with van der Waals surface area (Å²) in [4.78, 5) is 19.5. The standard InChI is InChI=1S/C17H11N3O4S/c21-20(22)14-7-16-15(23-10-24-16)6-12(14)8-18-17-19-13(9-25-17)11-4-2-1-3-5-11/h1-9H,10H2/b18-8+. The van der Waals surface area contributed by atoms with Gasteiger partial charge in [0.15, 0.2) is 11.5 Å². The third kappa shape index (κ3) is 3.07. The minimum absolute atomic E-state index is 0.0556. The molecule has 1 aliphatic rings. The summed E-state index contributed by atoms with van der Waals surface area (Å²) < 4.78 is 10.4.